The highest BCUT2D eigenvalue weighted by atomic mass is 19.3. The summed E-state index contributed by atoms with van der Waals surface area (Å²) in [5.74, 6) is -1.08. The lowest BCUT2D eigenvalue weighted by atomic mass is 10.1. The van der Waals surface area contributed by atoms with E-state index in [4.69, 9.17) is 5.11 Å². The zero-order valence-electron chi connectivity index (χ0n) is 7.50. The molecular weight excluding hydrogens is 192 g/mol. The number of hydrogen-bond acceptors (Lipinski definition) is 2. The molecule has 0 unspecified atom stereocenters. The van der Waals surface area contributed by atoms with E-state index in [2.05, 4.69) is 4.98 Å². The molecule has 0 aliphatic heterocycles. The monoisotopic (exact) mass is 201 g/mol. The Morgan fingerprint density at radius 1 is 1.57 bits per heavy atom. The number of pyridine rings is 1. The first-order valence-electron chi connectivity index (χ1n) is 3.97. The molecule has 3 nitrogen and oxygen atoms in total. The number of aliphatic carboxylic acids is 1. The summed E-state index contributed by atoms with van der Waals surface area (Å²) in [4.78, 5) is 14.0. The summed E-state index contributed by atoms with van der Waals surface area (Å²) < 4.78 is 24.4. The Morgan fingerprint density at radius 3 is 2.71 bits per heavy atom. The van der Waals surface area contributed by atoms with Crippen molar-refractivity contribution in [2.24, 2.45) is 0 Å². The van der Waals surface area contributed by atoms with Crippen LogP contribution in [0, 0.1) is 6.92 Å². The van der Waals surface area contributed by atoms with Crippen LogP contribution in [0.3, 0.4) is 0 Å². The fourth-order valence-corrected chi connectivity index (χ4v) is 1.03. The minimum atomic E-state index is -2.66. The number of carboxylic acids is 1. The molecular formula is C9H9F2NO2. The van der Waals surface area contributed by atoms with Crippen LogP contribution in [0.5, 0.6) is 0 Å². The van der Waals surface area contributed by atoms with Crippen molar-refractivity contribution >= 4 is 5.97 Å². The van der Waals surface area contributed by atoms with Gasteiger partial charge in [0.25, 0.3) is 6.43 Å². The summed E-state index contributed by atoms with van der Waals surface area (Å²) in [5, 5.41) is 8.49. The summed E-state index contributed by atoms with van der Waals surface area (Å²) >= 11 is 0. The van der Waals surface area contributed by atoms with Crippen LogP contribution in [0.15, 0.2) is 12.1 Å². The number of halogens is 2. The minimum absolute atomic E-state index is 0.190. The number of carbonyl (C=O) groups is 1. The van der Waals surface area contributed by atoms with Crippen molar-refractivity contribution in [2.45, 2.75) is 19.8 Å². The molecule has 1 aromatic rings. The summed E-state index contributed by atoms with van der Waals surface area (Å²) in [5.41, 5.74) is 0.416. The Morgan fingerprint density at radius 2 is 2.21 bits per heavy atom. The van der Waals surface area contributed by atoms with Crippen molar-refractivity contribution in [3.05, 3.63) is 29.1 Å². The van der Waals surface area contributed by atoms with Crippen molar-refractivity contribution in [3.8, 4) is 0 Å². The van der Waals surface area contributed by atoms with E-state index in [0.29, 0.717) is 5.56 Å². The van der Waals surface area contributed by atoms with Gasteiger partial charge in [-0.15, -0.1) is 0 Å². The highest BCUT2D eigenvalue weighted by Crippen LogP contribution is 2.18. The maximum atomic E-state index is 12.2. The van der Waals surface area contributed by atoms with Gasteiger partial charge in [0.15, 0.2) is 0 Å². The van der Waals surface area contributed by atoms with Crippen LogP contribution in [0.1, 0.15) is 23.4 Å². The second-order valence-corrected chi connectivity index (χ2v) is 2.87. The molecule has 0 fully saturated rings. The third kappa shape index (κ3) is 2.48. The van der Waals surface area contributed by atoms with Crippen LogP contribution in [-0.2, 0) is 11.2 Å². The predicted octanol–water partition coefficient (Wildman–Crippen LogP) is 1.95. The Bertz CT molecular complexity index is 353. The fraction of sp³-hybridized carbons (Fsp3) is 0.333. The maximum Gasteiger partial charge on any atom is 0.309 e. The van der Waals surface area contributed by atoms with Gasteiger partial charge >= 0.3 is 5.97 Å². The van der Waals surface area contributed by atoms with Gasteiger partial charge in [0, 0.05) is 0 Å². The van der Waals surface area contributed by atoms with Crippen molar-refractivity contribution < 1.29 is 18.7 Å². The molecule has 0 saturated carbocycles. The molecule has 0 saturated heterocycles. The van der Waals surface area contributed by atoms with Gasteiger partial charge in [-0.3, -0.25) is 9.78 Å². The standard InChI is InChI=1S/C9H9F2NO2/c1-5-2-3-6(9(10)11)12-7(5)4-8(13)14/h2-3,9H,4H2,1H3,(H,13,14). The predicted molar refractivity (Wildman–Crippen MR) is 45.3 cm³/mol. The molecule has 1 aromatic heterocycles. The lowest BCUT2D eigenvalue weighted by molar-refractivity contribution is -0.136. The Kier molecular flexibility index (Phi) is 3.11. The van der Waals surface area contributed by atoms with Crippen LogP contribution in [-0.4, -0.2) is 16.1 Å². The lowest BCUT2D eigenvalue weighted by Gasteiger charge is -2.04. The van der Waals surface area contributed by atoms with Gasteiger partial charge in [0.05, 0.1) is 12.1 Å². The van der Waals surface area contributed by atoms with Crippen molar-refractivity contribution in [1.29, 1.82) is 0 Å². The van der Waals surface area contributed by atoms with E-state index in [1.165, 1.54) is 12.1 Å². The first-order chi connectivity index (χ1) is 6.50. The molecule has 1 N–H and O–H groups in total. The Labute approximate surface area is 79.4 Å². The first-order valence-corrected chi connectivity index (χ1v) is 3.97. The van der Waals surface area contributed by atoms with Gasteiger partial charge in [-0.2, -0.15) is 0 Å². The summed E-state index contributed by atoms with van der Waals surface area (Å²) in [6, 6.07) is 2.65. The Hall–Kier alpha value is -1.52. The lowest BCUT2D eigenvalue weighted by Crippen LogP contribution is -2.06. The zero-order valence-corrected chi connectivity index (χ0v) is 7.50. The van der Waals surface area contributed by atoms with Crippen LogP contribution in [0.25, 0.3) is 0 Å². The molecule has 0 aliphatic carbocycles. The van der Waals surface area contributed by atoms with E-state index in [1.807, 2.05) is 0 Å². The minimum Gasteiger partial charge on any atom is -0.481 e. The number of carboxylic acid groups (broad SMARTS) is 1. The number of aromatic nitrogens is 1. The zero-order chi connectivity index (χ0) is 10.7. The molecule has 0 aromatic carbocycles. The van der Waals surface area contributed by atoms with E-state index in [9.17, 15) is 13.6 Å². The third-order valence-electron chi connectivity index (χ3n) is 1.77. The smallest absolute Gasteiger partial charge is 0.309 e. The number of rotatable bonds is 3. The van der Waals surface area contributed by atoms with E-state index in [1.54, 1.807) is 6.92 Å². The number of aryl methyl sites for hydroxylation is 1. The van der Waals surface area contributed by atoms with Crippen LogP contribution in [0.4, 0.5) is 8.78 Å². The summed E-state index contributed by atoms with van der Waals surface area (Å²) in [6.45, 7) is 1.64. The summed E-state index contributed by atoms with van der Waals surface area (Å²) in [7, 11) is 0. The van der Waals surface area contributed by atoms with E-state index in [0.717, 1.165) is 0 Å². The maximum absolute atomic E-state index is 12.2. The molecule has 5 heteroatoms. The van der Waals surface area contributed by atoms with Crippen LogP contribution in [0.2, 0.25) is 0 Å². The third-order valence-corrected chi connectivity index (χ3v) is 1.77. The second kappa shape index (κ2) is 4.13. The van der Waals surface area contributed by atoms with Crippen molar-refractivity contribution in [3.63, 3.8) is 0 Å². The van der Waals surface area contributed by atoms with Crippen LogP contribution >= 0.6 is 0 Å². The molecule has 1 rings (SSSR count). The highest BCUT2D eigenvalue weighted by molar-refractivity contribution is 5.70. The van der Waals surface area contributed by atoms with Crippen molar-refractivity contribution in [1.82, 2.24) is 4.98 Å². The SMILES string of the molecule is Cc1ccc(C(F)F)nc1CC(=O)O. The molecule has 0 spiro atoms. The Balaban J connectivity index is 3.02. The molecule has 0 bridgehead atoms. The number of nitrogens with zero attached hydrogens (tertiary/aromatic N) is 1. The molecule has 1 heterocycles. The summed E-state index contributed by atoms with van der Waals surface area (Å²) in [6.07, 6.45) is -2.99. The number of alkyl halides is 2. The van der Waals surface area contributed by atoms with Gasteiger partial charge in [-0.25, -0.2) is 8.78 Å². The molecule has 0 amide bonds. The molecule has 0 aliphatic rings. The first kappa shape index (κ1) is 10.6. The molecule has 14 heavy (non-hydrogen) atoms. The topological polar surface area (TPSA) is 50.2 Å². The van der Waals surface area contributed by atoms with E-state index >= 15 is 0 Å². The average Bonchev–Trinajstić information content (AvgIpc) is 2.07. The van der Waals surface area contributed by atoms with Gasteiger partial charge in [-0.05, 0) is 18.6 Å². The average molecular weight is 201 g/mol. The number of hydrogen-bond donors (Lipinski definition) is 1. The van der Waals surface area contributed by atoms with E-state index < -0.39 is 12.4 Å². The van der Waals surface area contributed by atoms with Crippen LogP contribution < -0.4 is 0 Å². The van der Waals surface area contributed by atoms with Gasteiger partial charge < -0.3 is 5.11 Å². The quantitative estimate of drug-likeness (QED) is 0.813. The molecule has 0 atom stereocenters. The van der Waals surface area contributed by atoms with Gasteiger partial charge in [0.2, 0.25) is 0 Å². The molecule has 0 radical (unpaired) electrons. The normalized spacial score (nSPS) is 10.6. The fourth-order valence-electron chi connectivity index (χ4n) is 1.03. The second-order valence-electron chi connectivity index (χ2n) is 2.87. The van der Waals surface area contributed by atoms with E-state index in [-0.39, 0.29) is 17.8 Å². The van der Waals surface area contributed by atoms with Gasteiger partial charge in [-0.1, -0.05) is 6.07 Å². The molecule has 76 valence electrons. The van der Waals surface area contributed by atoms with Gasteiger partial charge in [0.1, 0.15) is 5.69 Å². The highest BCUT2D eigenvalue weighted by Gasteiger charge is 2.12. The largest absolute Gasteiger partial charge is 0.481 e. The van der Waals surface area contributed by atoms with Crippen molar-refractivity contribution in [2.75, 3.05) is 0 Å².